The Balaban J connectivity index is 1.83. The van der Waals surface area contributed by atoms with Crippen molar-refractivity contribution in [3.05, 3.63) is 46.8 Å². The van der Waals surface area contributed by atoms with Gasteiger partial charge in [-0.1, -0.05) is 0 Å². The molecule has 0 saturated carbocycles. The van der Waals surface area contributed by atoms with E-state index in [2.05, 4.69) is 26.0 Å². The molecule has 1 aromatic carbocycles. The summed E-state index contributed by atoms with van der Waals surface area (Å²) in [6, 6.07) is 9.23. The van der Waals surface area contributed by atoms with E-state index in [1.165, 1.54) is 18.2 Å². The lowest BCUT2D eigenvalue weighted by Gasteiger charge is -2.08. The second kappa shape index (κ2) is 8.32. The van der Waals surface area contributed by atoms with E-state index in [1.54, 1.807) is 18.2 Å². The van der Waals surface area contributed by atoms with Crippen LogP contribution in [-0.2, 0) is 10.0 Å². The lowest BCUT2D eigenvalue weighted by atomic mass is 10.3. The molecule has 0 aliphatic heterocycles. The molecule has 0 aliphatic rings. The van der Waals surface area contributed by atoms with E-state index in [0.717, 1.165) is 0 Å². The summed E-state index contributed by atoms with van der Waals surface area (Å²) in [5, 5.41) is 2.56. The van der Waals surface area contributed by atoms with Crippen molar-refractivity contribution < 1.29 is 22.4 Å². The van der Waals surface area contributed by atoms with Gasteiger partial charge in [0.05, 0.1) is 11.5 Å². The van der Waals surface area contributed by atoms with Crippen LogP contribution in [0.3, 0.4) is 0 Å². The molecule has 0 atom stereocenters. The molecule has 0 spiro atoms. The normalized spacial score (nSPS) is 11.2. The minimum absolute atomic E-state index is 0.0587. The zero-order valence-electron chi connectivity index (χ0n) is 12.9. The summed E-state index contributed by atoms with van der Waals surface area (Å²) in [5.74, 6) is 0.338. The molecule has 2 aromatic rings. The summed E-state index contributed by atoms with van der Waals surface area (Å²) in [6.45, 7) is 2.55. The van der Waals surface area contributed by atoms with Gasteiger partial charge in [0.2, 0.25) is 10.0 Å². The number of furan rings is 1. The number of sulfonamides is 1. The molecule has 130 valence electrons. The fourth-order valence-electron chi connectivity index (χ4n) is 1.85. The van der Waals surface area contributed by atoms with Gasteiger partial charge >= 0.3 is 0 Å². The van der Waals surface area contributed by atoms with Crippen molar-refractivity contribution in [1.29, 1.82) is 0 Å². The van der Waals surface area contributed by atoms with E-state index >= 15 is 0 Å². The third-order valence-electron chi connectivity index (χ3n) is 2.94. The SMILES string of the molecule is CCOc1ccc(S(=O)(=O)NCCNC(=O)c2ccc(Br)o2)cc1. The number of hydrogen-bond acceptors (Lipinski definition) is 5. The highest BCUT2D eigenvalue weighted by Gasteiger charge is 2.14. The van der Waals surface area contributed by atoms with Crippen molar-refractivity contribution in [2.75, 3.05) is 19.7 Å². The predicted octanol–water partition coefficient (Wildman–Crippen LogP) is 2.15. The van der Waals surface area contributed by atoms with E-state index in [1.807, 2.05) is 6.92 Å². The predicted molar refractivity (Wildman–Crippen MR) is 91.5 cm³/mol. The van der Waals surface area contributed by atoms with Crippen LogP contribution in [0.4, 0.5) is 0 Å². The highest BCUT2D eigenvalue weighted by atomic mass is 79.9. The lowest BCUT2D eigenvalue weighted by molar-refractivity contribution is 0.0925. The topological polar surface area (TPSA) is 97.6 Å². The number of hydrogen-bond donors (Lipinski definition) is 2. The number of ether oxygens (including phenoxy) is 1. The Morgan fingerprint density at radius 1 is 1.17 bits per heavy atom. The number of nitrogens with one attached hydrogen (secondary N) is 2. The highest BCUT2D eigenvalue weighted by molar-refractivity contribution is 9.10. The minimum Gasteiger partial charge on any atom is -0.494 e. The zero-order valence-corrected chi connectivity index (χ0v) is 15.3. The van der Waals surface area contributed by atoms with Gasteiger partial charge in [-0.2, -0.15) is 0 Å². The average molecular weight is 417 g/mol. The molecule has 24 heavy (non-hydrogen) atoms. The van der Waals surface area contributed by atoms with Crippen LogP contribution in [0.5, 0.6) is 5.75 Å². The summed E-state index contributed by atoms with van der Waals surface area (Å²) < 4.78 is 37.5. The second-order valence-electron chi connectivity index (χ2n) is 4.66. The Morgan fingerprint density at radius 2 is 1.88 bits per heavy atom. The van der Waals surface area contributed by atoms with Gasteiger partial charge < -0.3 is 14.5 Å². The zero-order chi connectivity index (χ0) is 17.6. The smallest absolute Gasteiger partial charge is 0.287 e. The van der Waals surface area contributed by atoms with Crippen molar-refractivity contribution in [2.24, 2.45) is 0 Å². The standard InChI is InChI=1S/C15H17BrN2O5S/c1-2-22-11-3-5-12(6-4-11)24(20,21)18-10-9-17-15(19)13-7-8-14(16)23-13/h3-8,18H,2,9-10H2,1H3,(H,17,19). The maximum absolute atomic E-state index is 12.1. The molecule has 7 nitrogen and oxygen atoms in total. The number of carbonyl (C=O) groups excluding carboxylic acids is 1. The van der Waals surface area contributed by atoms with Crippen molar-refractivity contribution in [3.63, 3.8) is 0 Å². The molecule has 1 amide bonds. The van der Waals surface area contributed by atoms with Crippen molar-refractivity contribution >= 4 is 31.9 Å². The summed E-state index contributed by atoms with van der Waals surface area (Å²) in [4.78, 5) is 11.9. The van der Waals surface area contributed by atoms with E-state index < -0.39 is 15.9 Å². The Hall–Kier alpha value is -1.84. The Morgan fingerprint density at radius 3 is 2.46 bits per heavy atom. The average Bonchev–Trinajstić information content (AvgIpc) is 2.99. The van der Waals surface area contributed by atoms with Crippen molar-refractivity contribution in [3.8, 4) is 5.75 Å². The summed E-state index contributed by atoms with van der Waals surface area (Å²) in [6.07, 6.45) is 0. The van der Waals surface area contributed by atoms with Gasteiger partial charge in [-0.05, 0) is 59.3 Å². The van der Waals surface area contributed by atoms with Gasteiger partial charge in [0, 0.05) is 13.1 Å². The molecule has 0 saturated heterocycles. The number of halogens is 1. The third-order valence-corrected chi connectivity index (χ3v) is 4.85. The van der Waals surface area contributed by atoms with Crippen molar-refractivity contribution in [2.45, 2.75) is 11.8 Å². The molecule has 0 unspecified atom stereocenters. The first-order valence-electron chi connectivity index (χ1n) is 7.18. The molecular weight excluding hydrogens is 400 g/mol. The first kappa shape index (κ1) is 18.5. The van der Waals surface area contributed by atoms with Crippen LogP contribution < -0.4 is 14.8 Å². The number of carbonyl (C=O) groups is 1. The minimum atomic E-state index is -3.64. The quantitative estimate of drug-likeness (QED) is 0.642. The van der Waals surface area contributed by atoms with Gasteiger partial charge in [0.1, 0.15) is 5.75 Å². The molecular formula is C15H17BrN2O5S. The fourth-order valence-corrected chi connectivity index (χ4v) is 3.19. The lowest BCUT2D eigenvalue weighted by Crippen LogP contribution is -2.34. The summed E-state index contributed by atoms with van der Waals surface area (Å²) in [5.41, 5.74) is 0. The van der Waals surface area contributed by atoms with E-state index in [4.69, 9.17) is 9.15 Å². The molecule has 0 radical (unpaired) electrons. The van der Waals surface area contributed by atoms with E-state index in [-0.39, 0.29) is 23.7 Å². The molecule has 0 bridgehead atoms. The Bertz CT molecular complexity index is 786. The molecule has 0 aliphatic carbocycles. The Labute approximate surface area is 148 Å². The van der Waals surface area contributed by atoms with E-state index in [0.29, 0.717) is 17.0 Å². The number of rotatable bonds is 8. The van der Waals surface area contributed by atoms with Crippen molar-refractivity contribution in [1.82, 2.24) is 10.0 Å². The van der Waals surface area contributed by atoms with Gasteiger partial charge in [0.25, 0.3) is 5.91 Å². The van der Waals surface area contributed by atoms with Crippen LogP contribution >= 0.6 is 15.9 Å². The third kappa shape index (κ3) is 5.08. The van der Waals surface area contributed by atoms with Gasteiger partial charge in [-0.15, -0.1) is 0 Å². The van der Waals surface area contributed by atoms with Crippen LogP contribution in [0.15, 0.2) is 50.4 Å². The maximum Gasteiger partial charge on any atom is 0.287 e. The molecule has 1 heterocycles. The Kier molecular flexibility index (Phi) is 6.41. The molecule has 2 rings (SSSR count). The number of amides is 1. The largest absolute Gasteiger partial charge is 0.494 e. The molecule has 1 aromatic heterocycles. The van der Waals surface area contributed by atoms with Gasteiger partial charge in [-0.3, -0.25) is 4.79 Å². The molecule has 2 N–H and O–H groups in total. The monoisotopic (exact) mass is 416 g/mol. The fraction of sp³-hybridized carbons (Fsp3) is 0.267. The molecule has 9 heteroatoms. The summed E-state index contributed by atoms with van der Waals surface area (Å²) >= 11 is 3.10. The number of benzene rings is 1. The molecule has 0 fully saturated rings. The van der Waals surface area contributed by atoms with Gasteiger partial charge in [0.15, 0.2) is 10.4 Å². The van der Waals surface area contributed by atoms with Gasteiger partial charge in [-0.25, -0.2) is 13.1 Å². The maximum atomic E-state index is 12.1. The summed E-state index contributed by atoms with van der Waals surface area (Å²) in [7, 11) is -3.64. The van der Waals surface area contributed by atoms with Crippen LogP contribution in [0.2, 0.25) is 0 Å². The first-order chi connectivity index (χ1) is 11.4. The second-order valence-corrected chi connectivity index (χ2v) is 7.21. The van der Waals surface area contributed by atoms with Crippen LogP contribution in [0.1, 0.15) is 17.5 Å². The van der Waals surface area contributed by atoms with Crippen LogP contribution in [-0.4, -0.2) is 34.0 Å². The van der Waals surface area contributed by atoms with Crippen LogP contribution in [0.25, 0.3) is 0 Å². The highest BCUT2D eigenvalue weighted by Crippen LogP contribution is 2.16. The first-order valence-corrected chi connectivity index (χ1v) is 9.46. The van der Waals surface area contributed by atoms with E-state index in [9.17, 15) is 13.2 Å². The van der Waals surface area contributed by atoms with Crippen LogP contribution in [0, 0.1) is 0 Å².